The molecule has 50 heavy (non-hydrogen) atoms. The zero-order valence-electron chi connectivity index (χ0n) is 30.8. The van der Waals surface area contributed by atoms with E-state index in [1.807, 2.05) is 33.8 Å². The number of carbonyl (C=O) groups is 5. The fraction of sp³-hybridized carbons (Fsp3) is 0.711. The summed E-state index contributed by atoms with van der Waals surface area (Å²) in [5.74, 6) is -5.43. The predicted octanol–water partition coefficient (Wildman–Crippen LogP) is 5.06. The molecule has 1 aromatic rings. The van der Waals surface area contributed by atoms with Crippen molar-refractivity contribution in [3.63, 3.8) is 0 Å². The zero-order chi connectivity index (χ0) is 37.1. The topological polar surface area (TPSA) is 165 Å². The number of aliphatic hydroxyl groups is 1. The number of furan rings is 1. The Morgan fingerprint density at radius 2 is 1.54 bits per heavy atom. The van der Waals surface area contributed by atoms with Gasteiger partial charge < -0.3 is 33.2 Å². The summed E-state index contributed by atoms with van der Waals surface area (Å²) in [6, 6.07) is 1.86. The molecule has 13 unspecified atom stereocenters. The summed E-state index contributed by atoms with van der Waals surface area (Å²) in [5, 5.41) is 11.7. The van der Waals surface area contributed by atoms with E-state index in [1.165, 1.54) is 27.9 Å². The van der Waals surface area contributed by atoms with E-state index in [1.54, 1.807) is 26.4 Å². The molecule has 5 rings (SSSR count). The third-order valence-electron chi connectivity index (χ3n) is 13.1. The van der Waals surface area contributed by atoms with Crippen LogP contribution in [0.2, 0.25) is 0 Å². The van der Waals surface area contributed by atoms with Crippen LogP contribution in [0.4, 0.5) is 0 Å². The van der Waals surface area contributed by atoms with Gasteiger partial charge in [-0.15, -0.1) is 0 Å². The number of methoxy groups -OCH3 is 1. The Morgan fingerprint density at radius 1 is 0.920 bits per heavy atom. The van der Waals surface area contributed by atoms with Crippen molar-refractivity contribution >= 4 is 29.8 Å². The molecule has 3 fully saturated rings. The first-order valence-electron chi connectivity index (χ1n) is 17.6. The van der Waals surface area contributed by atoms with Gasteiger partial charge >= 0.3 is 29.8 Å². The van der Waals surface area contributed by atoms with Crippen molar-refractivity contribution < 1.29 is 57.2 Å². The van der Waals surface area contributed by atoms with Gasteiger partial charge in [-0.2, -0.15) is 0 Å². The third kappa shape index (κ3) is 5.38. The Bertz CT molecular complexity index is 1550. The van der Waals surface area contributed by atoms with Crippen LogP contribution in [0.5, 0.6) is 0 Å². The third-order valence-corrected chi connectivity index (χ3v) is 13.1. The second-order valence-corrected chi connectivity index (χ2v) is 15.6. The quantitative estimate of drug-likeness (QED) is 0.218. The van der Waals surface area contributed by atoms with Crippen LogP contribution in [0.3, 0.4) is 0 Å². The highest BCUT2D eigenvalue weighted by Crippen LogP contribution is 2.75. The van der Waals surface area contributed by atoms with Crippen LogP contribution in [0.25, 0.3) is 0 Å². The first-order chi connectivity index (χ1) is 23.3. The second-order valence-electron chi connectivity index (χ2n) is 15.6. The summed E-state index contributed by atoms with van der Waals surface area (Å²) in [6.07, 6.45) is 0.845. The second kappa shape index (κ2) is 13.1. The normalized spacial score (nSPS) is 40.9. The molecule has 0 aromatic carbocycles. The van der Waals surface area contributed by atoms with Crippen LogP contribution in [-0.4, -0.2) is 72.6 Å². The van der Waals surface area contributed by atoms with E-state index in [2.05, 4.69) is 6.08 Å². The average molecular weight is 701 g/mol. The molecule has 0 amide bonds. The van der Waals surface area contributed by atoms with Gasteiger partial charge in [0, 0.05) is 55.3 Å². The lowest BCUT2D eigenvalue weighted by Crippen LogP contribution is -2.76. The smallest absolute Gasteiger partial charge is 0.314 e. The Kier molecular flexibility index (Phi) is 9.88. The fourth-order valence-electron chi connectivity index (χ4n) is 10.7. The Hall–Kier alpha value is -3.67. The predicted molar refractivity (Wildman–Crippen MR) is 177 cm³/mol. The van der Waals surface area contributed by atoms with E-state index in [-0.39, 0.29) is 18.8 Å². The maximum atomic E-state index is 13.9. The minimum atomic E-state index is -1.56. The van der Waals surface area contributed by atoms with E-state index < -0.39 is 99.8 Å². The van der Waals surface area contributed by atoms with Gasteiger partial charge in [-0.25, -0.2) is 0 Å². The molecule has 12 nitrogen and oxygen atoms in total. The van der Waals surface area contributed by atoms with Crippen LogP contribution >= 0.6 is 0 Å². The molecule has 1 heterocycles. The SMILES string of the molecule is CCC(C)C(=O)OC1C(OC(C)=O)C2C(C)(C3=CCC(c4ccoc4)C31C)C(OC(C)=O)CC1C(C)(C(=O)OC)C(O)CC(OC(C)=O)C12C. The molecule has 1 aromatic heterocycles. The van der Waals surface area contributed by atoms with Gasteiger partial charge in [0.25, 0.3) is 0 Å². The number of esters is 5. The molecule has 4 aliphatic carbocycles. The summed E-state index contributed by atoms with van der Waals surface area (Å²) in [6.45, 7) is 14.9. The van der Waals surface area contributed by atoms with Crippen molar-refractivity contribution in [3.05, 3.63) is 35.8 Å². The average Bonchev–Trinajstić information content (AvgIpc) is 3.69. The molecule has 0 bridgehead atoms. The first-order valence-corrected chi connectivity index (χ1v) is 17.6. The molecule has 0 saturated heterocycles. The van der Waals surface area contributed by atoms with Gasteiger partial charge in [-0.05, 0) is 43.7 Å². The van der Waals surface area contributed by atoms with E-state index in [0.717, 1.165) is 11.1 Å². The van der Waals surface area contributed by atoms with Gasteiger partial charge in [-0.3, -0.25) is 24.0 Å². The standard InChI is InChI=1S/C38H52O12/c1-11-19(2)33(43)50-32-30(49-22(5)41)31-37(8,25-13-12-24(35(25,32)6)23-14-15-46-18-23)28(47-20(3)39)16-26-36(7,34(44)45-10)27(42)17-29(38(26,31)9)48-21(4)40/h13-15,18-19,24,26-32,42H,11-12,16-17H2,1-10H3. The fourth-order valence-corrected chi connectivity index (χ4v) is 10.7. The lowest BCUT2D eigenvalue weighted by Gasteiger charge is -2.71. The summed E-state index contributed by atoms with van der Waals surface area (Å²) in [7, 11) is 1.24. The minimum absolute atomic E-state index is 0.0808. The van der Waals surface area contributed by atoms with Crippen LogP contribution < -0.4 is 0 Å². The van der Waals surface area contributed by atoms with Gasteiger partial charge in [-0.1, -0.05) is 46.3 Å². The van der Waals surface area contributed by atoms with Gasteiger partial charge in [0.1, 0.15) is 24.4 Å². The molecule has 3 saturated carbocycles. The first kappa shape index (κ1) is 37.6. The molecule has 1 N–H and O–H groups in total. The molecule has 13 atom stereocenters. The van der Waals surface area contributed by atoms with Gasteiger partial charge in [0.2, 0.25) is 0 Å². The minimum Gasteiger partial charge on any atom is -0.472 e. The molecule has 0 radical (unpaired) electrons. The van der Waals surface area contributed by atoms with Crippen LogP contribution in [0, 0.1) is 39.4 Å². The summed E-state index contributed by atoms with van der Waals surface area (Å²) >= 11 is 0. The summed E-state index contributed by atoms with van der Waals surface area (Å²) < 4.78 is 36.0. The van der Waals surface area contributed by atoms with Crippen LogP contribution in [-0.2, 0) is 47.7 Å². The highest BCUT2D eigenvalue weighted by molar-refractivity contribution is 5.78. The Balaban J connectivity index is 1.88. The number of aliphatic hydroxyl groups excluding tert-OH is 1. The molecular weight excluding hydrogens is 648 g/mol. The lowest BCUT2D eigenvalue weighted by atomic mass is 9.35. The van der Waals surface area contributed by atoms with Crippen molar-refractivity contribution in [3.8, 4) is 0 Å². The number of rotatable bonds is 8. The number of carbonyl (C=O) groups excluding carboxylic acids is 5. The maximum Gasteiger partial charge on any atom is 0.314 e. The van der Waals surface area contributed by atoms with Crippen molar-refractivity contribution in [1.82, 2.24) is 0 Å². The molecule has 0 aliphatic heterocycles. The highest BCUT2D eigenvalue weighted by Gasteiger charge is 2.79. The Labute approximate surface area is 293 Å². The molecule has 4 aliphatic rings. The molecule has 0 spiro atoms. The number of hydrogen-bond acceptors (Lipinski definition) is 12. The van der Waals surface area contributed by atoms with E-state index in [4.69, 9.17) is 28.1 Å². The lowest BCUT2D eigenvalue weighted by molar-refractivity contribution is -0.294. The molecular formula is C38H52O12. The number of ether oxygens (including phenoxy) is 5. The van der Waals surface area contributed by atoms with Gasteiger partial charge in [0.15, 0.2) is 0 Å². The molecule has 12 heteroatoms. The highest BCUT2D eigenvalue weighted by atomic mass is 16.6. The van der Waals surface area contributed by atoms with E-state index >= 15 is 0 Å². The largest absolute Gasteiger partial charge is 0.472 e. The van der Waals surface area contributed by atoms with Crippen LogP contribution in [0.1, 0.15) is 99.5 Å². The van der Waals surface area contributed by atoms with E-state index in [0.29, 0.717) is 12.8 Å². The number of allylic oxidation sites excluding steroid dienone is 1. The summed E-state index contributed by atoms with van der Waals surface area (Å²) in [5.41, 5.74) is -3.24. The maximum absolute atomic E-state index is 13.9. The van der Waals surface area contributed by atoms with Crippen molar-refractivity contribution in [1.29, 1.82) is 0 Å². The zero-order valence-corrected chi connectivity index (χ0v) is 30.8. The molecule has 276 valence electrons. The monoisotopic (exact) mass is 700 g/mol. The van der Waals surface area contributed by atoms with Crippen molar-refractivity contribution in [2.75, 3.05) is 7.11 Å². The van der Waals surface area contributed by atoms with Gasteiger partial charge in [0.05, 0.1) is 37.1 Å². The van der Waals surface area contributed by atoms with Crippen molar-refractivity contribution in [2.24, 2.45) is 39.4 Å². The van der Waals surface area contributed by atoms with E-state index in [9.17, 15) is 29.1 Å². The van der Waals surface area contributed by atoms with Crippen molar-refractivity contribution in [2.45, 2.75) is 124 Å². The summed E-state index contributed by atoms with van der Waals surface area (Å²) in [4.78, 5) is 66.7. The number of fused-ring (bicyclic) bond motifs is 5. The Morgan fingerprint density at radius 3 is 2.08 bits per heavy atom. The number of hydrogen-bond donors (Lipinski definition) is 1. The van der Waals surface area contributed by atoms with Crippen LogP contribution in [0.15, 0.2) is 34.7 Å².